The first-order valence-corrected chi connectivity index (χ1v) is 11.7. The van der Waals surface area contributed by atoms with Crippen LogP contribution in [0, 0.1) is 11.8 Å². The van der Waals surface area contributed by atoms with Crippen LogP contribution in [-0.2, 0) is 9.53 Å². The number of benzene rings is 1. The predicted octanol–water partition coefficient (Wildman–Crippen LogP) is 4.62. The van der Waals surface area contributed by atoms with Crippen LogP contribution < -0.4 is 20.2 Å². The maximum Gasteiger partial charge on any atom is 0.408 e. The summed E-state index contributed by atoms with van der Waals surface area (Å²) in [5.74, 6) is 1.72. The SMILES string of the molecule is CC(=O)NN1C=CC2COc3cc(OCC(C)(CC(C)C)NC(=O)OC(C)(C)C)ccc3C2=C1. The average Bonchev–Trinajstić information content (AvgIpc) is 2.69. The lowest BCUT2D eigenvalue weighted by Gasteiger charge is -2.34. The van der Waals surface area contributed by atoms with Crippen molar-refractivity contribution >= 4 is 17.6 Å². The normalized spacial score (nSPS) is 18.6. The molecule has 34 heavy (non-hydrogen) atoms. The summed E-state index contributed by atoms with van der Waals surface area (Å²) in [5, 5.41) is 4.66. The fourth-order valence-corrected chi connectivity index (χ4v) is 4.22. The topological polar surface area (TPSA) is 89.1 Å². The lowest BCUT2D eigenvalue weighted by molar-refractivity contribution is -0.121. The third-order valence-corrected chi connectivity index (χ3v) is 5.34. The Bertz CT molecular complexity index is 979. The first kappa shape index (κ1) is 25.5. The lowest BCUT2D eigenvalue weighted by Crippen LogP contribution is -2.52. The van der Waals surface area contributed by atoms with Gasteiger partial charge in [-0.1, -0.05) is 19.9 Å². The van der Waals surface area contributed by atoms with Crippen molar-refractivity contribution in [1.29, 1.82) is 0 Å². The van der Waals surface area contributed by atoms with Gasteiger partial charge >= 0.3 is 6.09 Å². The second kappa shape index (κ2) is 9.99. The van der Waals surface area contributed by atoms with E-state index in [1.165, 1.54) is 6.92 Å². The molecular weight excluding hydrogens is 434 g/mol. The highest BCUT2D eigenvalue weighted by atomic mass is 16.6. The molecule has 2 aliphatic heterocycles. The van der Waals surface area contributed by atoms with E-state index in [1.807, 2.05) is 64.4 Å². The Hall–Kier alpha value is -3.16. The molecule has 0 aliphatic carbocycles. The molecule has 3 rings (SSSR count). The molecule has 0 fully saturated rings. The van der Waals surface area contributed by atoms with Crippen molar-refractivity contribution in [2.24, 2.45) is 11.8 Å². The highest BCUT2D eigenvalue weighted by Gasteiger charge is 2.32. The predicted molar refractivity (Wildman–Crippen MR) is 131 cm³/mol. The van der Waals surface area contributed by atoms with Gasteiger partial charge in [0.1, 0.15) is 23.7 Å². The molecule has 1 aromatic carbocycles. The van der Waals surface area contributed by atoms with Gasteiger partial charge < -0.3 is 19.5 Å². The number of carbonyl (C=O) groups excluding carboxylic acids is 2. The van der Waals surface area contributed by atoms with Crippen molar-refractivity contribution in [3.05, 3.63) is 42.2 Å². The number of nitrogens with zero attached hydrogens (tertiary/aromatic N) is 1. The van der Waals surface area contributed by atoms with Crippen LogP contribution in [0.15, 0.2) is 36.7 Å². The second-order valence-corrected chi connectivity index (χ2v) is 10.7. The number of hydrogen-bond acceptors (Lipinski definition) is 6. The van der Waals surface area contributed by atoms with E-state index in [-0.39, 0.29) is 18.4 Å². The fourth-order valence-electron chi connectivity index (χ4n) is 4.22. The van der Waals surface area contributed by atoms with E-state index in [2.05, 4.69) is 24.6 Å². The largest absolute Gasteiger partial charge is 0.492 e. The summed E-state index contributed by atoms with van der Waals surface area (Å²) < 4.78 is 17.6. The first-order valence-electron chi connectivity index (χ1n) is 11.7. The number of ether oxygens (including phenoxy) is 3. The van der Waals surface area contributed by atoms with Crippen LogP contribution in [0.2, 0.25) is 0 Å². The van der Waals surface area contributed by atoms with Gasteiger partial charge in [-0.05, 0) is 57.7 Å². The summed E-state index contributed by atoms with van der Waals surface area (Å²) in [6.45, 7) is 14.0. The zero-order valence-electron chi connectivity index (χ0n) is 21.2. The Kier molecular flexibility index (Phi) is 7.48. The maximum atomic E-state index is 12.4. The standard InChI is InChI=1S/C26H37N3O5/c1-17(2)13-26(7,27-24(31)34-25(4,5)6)16-33-20-8-9-21-22-14-29(28-18(3)30)11-10-19(22)15-32-23(21)12-20/h8-12,14,17,19H,13,15-16H2,1-7H3,(H,27,31)(H,28,30). The number of alkyl carbamates (subject to hydrolysis) is 1. The molecule has 8 heteroatoms. The van der Waals surface area contributed by atoms with Gasteiger partial charge in [0, 0.05) is 36.9 Å². The summed E-state index contributed by atoms with van der Waals surface area (Å²) in [6, 6.07) is 5.74. The molecule has 186 valence electrons. The summed E-state index contributed by atoms with van der Waals surface area (Å²) >= 11 is 0. The molecule has 2 unspecified atom stereocenters. The first-order chi connectivity index (χ1) is 15.8. The van der Waals surface area contributed by atoms with Gasteiger partial charge in [-0.3, -0.25) is 15.2 Å². The number of hydrazine groups is 1. The molecule has 2 N–H and O–H groups in total. The molecule has 2 aliphatic rings. The number of carbonyl (C=O) groups is 2. The minimum Gasteiger partial charge on any atom is -0.492 e. The van der Waals surface area contributed by atoms with Crippen molar-refractivity contribution in [3.8, 4) is 11.5 Å². The zero-order valence-corrected chi connectivity index (χ0v) is 21.2. The number of rotatable bonds is 7. The quantitative estimate of drug-likeness (QED) is 0.603. The molecule has 0 saturated heterocycles. The van der Waals surface area contributed by atoms with Crippen LogP contribution in [0.4, 0.5) is 4.79 Å². The van der Waals surface area contributed by atoms with Crippen LogP contribution in [0.5, 0.6) is 11.5 Å². The number of amides is 2. The molecule has 0 radical (unpaired) electrons. The van der Waals surface area contributed by atoms with E-state index >= 15 is 0 Å². The van der Waals surface area contributed by atoms with Gasteiger partial charge in [0.2, 0.25) is 5.91 Å². The van der Waals surface area contributed by atoms with Crippen molar-refractivity contribution in [2.75, 3.05) is 13.2 Å². The third-order valence-electron chi connectivity index (χ3n) is 5.34. The number of nitrogens with one attached hydrogen (secondary N) is 2. The fraction of sp³-hybridized carbons (Fsp3) is 0.538. The minimum atomic E-state index is -0.603. The molecule has 0 saturated carbocycles. The molecule has 0 aromatic heterocycles. The molecule has 2 amide bonds. The maximum absolute atomic E-state index is 12.4. The highest BCUT2D eigenvalue weighted by Crippen LogP contribution is 2.40. The zero-order chi connectivity index (χ0) is 25.1. The van der Waals surface area contributed by atoms with Crippen molar-refractivity contribution < 1.29 is 23.8 Å². The second-order valence-electron chi connectivity index (χ2n) is 10.7. The van der Waals surface area contributed by atoms with E-state index in [0.717, 1.165) is 23.3 Å². The summed E-state index contributed by atoms with van der Waals surface area (Å²) in [6.07, 6.45) is 6.03. The Morgan fingerprint density at radius 1 is 1.24 bits per heavy atom. The third kappa shape index (κ3) is 6.92. The Morgan fingerprint density at radius 2 is 1.97 bits per heavy atom. The summed E-state index contributed by atoms with van der Waals surface area (Å²) in [7, 11) is 0. The van der Waals surface area contributed by atoms with E-state index < -0.39 is 17.2 Å². The molecule has 2 heterocycles. The van der Waals surface area contributed by atoms with Gasteiger partial charge in [0.15, 0.2) is 0 Å². The van der Waals surface area contributed by atoms with E-state index in [4.69, 9.17) is 14.2 Å². The lowest BCUT2D eigenvalue weighted by atomic mass is 9.89. The monoisotopic (exact) mass is 471 g/mol. The van der Waals surface area contributed by atoms with Gasteiger partial charge in [-0.15, -0.1) is 0 Å². The highest BCUT2D eigenvalue weighted by molar-refractivity contribution is 5.77. The molecular formula is C26H37N3O5. The molecule has 0 bridgehead atoms. The molecule has 1 aromatic rings. The van der Waals surface area contributed by atoms with Crippen molar-refractivity contribution in [3.63, 3.8) is 0 Å². The Morgan fingerprint density at radius 3 is 2.62 bits per heavy atom. The van der Waals surface area contributed by atoms with Crippen molar-refractivity contribution in [2.45, 2.75) is 66.0 Å². The average molecular weight is 472 g/mol. The Labute approximate surface area is 202 Å². The van der Waals surface area contributed by atoms with E-state index in [0.29, 0.717) is 18.3 Å². The van der Waals surface area contributed by atoms with E-state index in [1.54, 1.807) is 5.01 Å². The Balaban J connectivity index is 1.73. The number of hydrogen-bond donors (Lipinski definition) is 2. The van der Waals surface area contributed by atoms with Crippen LogP contribution >= 0.6 is 0 Å². The summed E-state index contributed by atoms with van der Waals surface area (Å²) in [5.41, 5.74) is 3.61. The van der Waals surface area contributed by atoms with Crippen molar-refractivity contribution in [1.82, 2.24) is 15.8 Å². The van der Waals surface area contributed by atoms with E-state index in [9.17, 15) is 9.59 Å². The van der Waals surface area contributed by atoms with Crippen LogP contribution in [0.3, 0.4) is 0 Å². The van der Waals surface area contributed by atoms with Crippen LogP contribution in [-0.4, -0.2) is 41.4 Å². The molecule has 2 atom stereocenters. The minimum absolute atomic E-state index is 0.122. The van der Waals surface area contributed by atoms with Crippen LogP contribution in [0.25, 0.3) is 5.57 Å². The van der Waals surface area contributed by atoms with Crippen LogP contribution in [0.1, 0.15) is 60.5 Å². The van der Waals surface area contributed by atoms with Gasteiger partial charge in [-0.25, -0.2) is 4.79 Å². The van der Waals surface area contributed by atoms with Gasteiger partial charge in [-0.2, -0.15) is 0 Å². The molecule has 0 spiro atoms. The smallest absolute Gasteiger partial charge is 0.408 e. The number of fused-ring (bicyclic) bond motifs is 3. The summed E-state index contributed by atoms with van der Waals surface area (Å²) in [4.78, 5) is 23.9. The molecule has 8 nitrogen and oxygen atoms in total. The van der Waals surface area contributed by atoms with Gasteiger partial charge in [0.25, 0.3) is 0 Å². The van der Waals surface area contributed by atoms with Gasteiger partial charge in [0.05, 0.1) is 12.1 Å².